The number of H-pyrrole nitrogens is 1. The van der Waals surface area contributed by atoms with Crippen LogP contribution in [0, 0.1) is 11.7 Å². The first-order chi connectivity index (χ1) is 8.43. The number of imidazole rings is 1. The van der Waals surface area contributed by atoms with E-state index in [9.17, 15) is 4.79 Å². The number of para-hydroxylation sites is 1. The van der Waals surface area contributed by atoms with Gasteiger partial charge >= 0.3 is 0 Å². The van der Waals surface area contributed by atoms with E-state index in [4.69, 9.17) is 12.2 Å². The average molecular weight is 263 g/mol. The van der Waals surface area contributed by atoms with Crippen molar-refractivity contribution < 1.29 is 4.79 Å². The van der Waals surface area contributed by atoms with Crippen LogP contribution < -0.4 is 0 Å². The Hall–Kier alpha value is -1.62. The van der Waals surface area contributed by atoms with Crippen LogP contribution in [-0.2, 0) is 4.79 Å². The Morgan fingerprint density at radius 3 is 2.72 bits per heavy atom. The number of likely N-dealkylation sites (N-methyl/N-ethyl adjacent to an activating group) is 1. The molecule has 1 atom stereocenters. The molecule has 18 heavy (non-hydrogen) atoms. The predicted octanol–water partition coefficient (Wildman–Crippen LogP) is 2.66. The molecule has 96 valence electrons. The van der Waals surface area contributed by atoms with Crippen molar-refractivity contribution in [3.8, 4) is 0 Å². The first kappa shape index (κ1) is 12.8. The second kappa shape index (κ2) is 4.57. The number of benzene rings is 1. The minimum absolute atomic E-state index is 0.0357. The summed E-state index contributed by atoms with van der Waals surface area (Å²) < 4.78 is 2.46. The van der Waals surface area contributed by atoms with Gasteiger partial charge in [-0.1, -0.05) is 12.1 Å². The average Bonchev–Trinajstić information content (AvgIpc) is 2.65. The van der Waals surface area contributed by atoms with Crippen molar-refractivity contribution in [1.82, 2.24) is 14.5 Å². The molecule has 0 saturated heterocycles. The van der Waals surface area contributed by atoms with E-state index in [-0.39, 0.29) is 11.9 Å². The van der Waals surface area contributed by atoms with Crippen molar-refractivity contribution in [1.29, 1.82) is 0 Å². The van der Waals surface area contributed by atoms with Gasteiger partial charge in [0.2, 0.25) is 5.91 Å². The Kier molecular flexibility index (Phi) is 3.26. The van der Waals surface area contributed by atoms with Gasteiger partial charge in [0.05, 0.1) is 11.0 Å². The van der Waals surface area contributed by atoms with Gasteiger partial charge in [0.1, 0.15) is 6.04 Å². The number of aromatic nitrogens is 2. The van der Waals surface area contributed by atoms with Gasteiger partial charge in [-0.2, -0.15) is 0 Å². The van der Waals surface area contributed by atoms with Crippen molar-refractivity contribution >= 4 is 29.2 Å². The highest BCUT2D eigenvalue weighted by molar-refractivity contribution is 7.71. The van der Waals surface area contributed by atoms with Crippen molar-refractivity contribution in [2.24, 2.45) is 0 Å². The van der Waals surface area contributed by atoms with Crippen LogP contribution >= 0.6 is 12.2 Å². The zero-order chi connectivity index (χ0) is 13.4. The molecule has 1 amide bonds. The highest BCUT2D eigenvalue weighted by Crippen LogP contribution is 2.22. The number of carbonyl (C=O) groups excluding carboxylic acids is 1. The van der Waals surface area contributed by atoms with E-state index in [2.05, 4.69) is 4.98 Å². The van der Waals surface area contributed by atoms with Crippen LogP contribution in [0.2, 0.25) is 0 Å². The molecule has 0 aliphatic carbocycles. The van der Waals surface area contributed by atoms with Gasteiger partial charge in [0.15, 0.2) is 4.77 Å². The molecule has 0 bridgehead atoms. The second-order valence-corrected chi connectivity index (χ2v) is 5.06. The Labute approximate surface area is 111 Å². The number of rotatable bonds is 2. The van der Waals surface area contributed by atoms with Gasteiger partial charge in [0, 0.05) is 14.1 Å². The summed E-state index contributed by atoms with van der Waals surface area (Å²) in [4.78, 5) is 16.8. The molecule has 4 nitrogen and oxygen atoms in total. The standard InChI is InChI=1S/C13H17N3OS/c1-8-6-5-7-10-11(8)14-13(18)16(10)9(2)12(17)15(3)4/h5-7,9H,1-4H3,(H,14,18). The van der Waals surface area contributed by atoms with Crippen LogP contribution in [0.3, 0.4) is 0 Å². The molecule has 1 unspecified atom stereocenters. The van der Waals surface area contributed by atoms with Crippen molar-refractivity contribution in [2.45, 2.75) is 19.9 Å². The van der Waals surface area contributed by atoms with Crippen LogP contribution in [0.5, 0.6) is 0 Å². The number of nitrogens with zero attached hydrogens (tertiary/aromatic N) is 2. The zero-order valence-electron chi connectivity index (χ0n) is 11.0. The lowest BCUT2D eigenvalue weighted by Crippen LogP contribution is -2.29. The van der Waals surface area contributed by atoms with Crippen molar-refractivity contribution in [3.63, 3.8) is 0 Å². The topological polar surface area (TPSA) is 41.0 Å². The largest absolute Gasteiger partial charge is 0.347 e. The number of fused-ring (bicyclic) bond motifs is 1. The third-order valence-corrected chi connectivity index (χ3v) is 3.45. The van der Waals surface area contributed by atoms with Gasteiger partial charge in [0.25, 0.3) is 0 Å². The molecular weight excluding hydrogens is 246 g/mol. The molecule has 0 radical (unpaired) electrons. The van der Waals surface area contributed by atoms with Crippen LogP contribution in [0.4, 0.5) is 0 Å². The maximum absolute atomic E-state index is 12.1. The van der Waals surface area contributed by atoms with E-state index in [0.29, 0.717) is 4.77 Å². The minimum Gasteiger partial charge on any atom is -0.347 e. The number of hydrogen-bond donors (Lipinski definition) is 1. The Balaban J connectivity index is 2.65. The molecule has 1 aromatic carbocycles. The summed E-state index contributed by atoms with van der Waals surface area (Å²) in [6, 6.07) is 5.68. The number of nitrogens with one attached hydrogen (secondary N) is 1. The molecule has 0 fully saturated rings. The van der Waals surface area contributed by atoms with Crippen molar-refractivity contribution in [2.75, 3.05) is 14.1 Å². The molecule has 5 heteroatoms. The zero-order valence-corrected chi connectivity index (χ0v) is 11.8. The highest BCUT2D eigenvalue weighted by Gasteiger charge is 2.20. The molecule has 1 N–H and O–H groups in total. The quantitative estimate of drug-likeness (QED) is 0.846. The lowest BCUT2D eigenvalue weighted by atomic mass is 10.2. The molecule has 1 heterocycles. The molecule has 0 aliphatic heterocycles. The van der Waals surface area contributed by atoms with Crippen LogP contribution in [0.15, 0.2) is 18.2 Å². The summed E-state index contributed by atoms with van der Waals surface area (Å²) >= 11 is 5.33. The molecule has 0 saturated carbocycles. The lowest BCUT2D eigenvalue weighted by molar-refractivity contribution is -0.131. The molecular formula is C13H17N3OS. The number of amides is 1. The van der Waals surface area contributed by atoms with Crippen LogP contribution in [0.1, 0.15) is 18.5 Å². The van der Waals surface area contributed by atoms with Gasteiger partial charge in [-0.3, -0.25) is 4.79 Å². The van der Waals surface area contributed by atoms with Crippen LogP contribution in [0.25, 0.3) is 11.0 Å². The minimum atomic E-state index is -0.303. The third kappa shape index (κ3) is 1.95. The van der Waals surface area contributed by atoms with Gasteiger partial charge in [-0.05, 0) is 37.7 Å². The summed E-state index contributed by atoms with van der Waals surface area (Å²) in [6.45, 7) is 3.89. The molecule has 1 aromatic heterocycles. The number of carbonyl (C=O) groups is 1. The normalized spacial score (nSPS) is 12.7. The first-order valence-electron chi connectivity index (χ1n) is 5.84. The van der Waals surface area contributed by atoms with Crippen LogP contribution in [-0.4, -0.2) is 34.5 Å². The fraction of sp³-hybridized carbons (Fsp3) is 0.385. The molecule has 2 aromatic rings. The fourth-order valence-corrected chi connectivity index (χ4v) is 2.52. The lowest BCUT2D eigenvalue weighted by Gasteiger charge is -2.18. The Morgan fingerprint density at radius 2 is 2.11 bits per heavy atom. The van der Waals surface area contributed by atoms with E-state index in [1.54, 1.807) is 19.0 Å². The van der Waals surface area contributed by atoms with E-state index < -0.39 is 0 Å². The van der Waals surface area contributed by atoms with Gasteiger partial charge in [-0.25, -0.2) is 0 Å². The maximum atomic E-state index is 12.1. The predicted molar refractivity (Wildman–Crippen MR) is 75.3 cm³/mol. The number of aryl methyl sites for hydroxylation is 1. The smallest absolute Gasteiger partial charge is 0.244 e. The number of aromatic amines is 1. The van der Waals surface area contributed by atoms with Crippen molar-refractivity contribution in [3.05, 3.63) is 28.5 Å². The van der Waals surface area contributed by atoms with E-state index in [1.807, 2.05) is 36.6 Å². The van der Waals surface area contributed by atoms with Gasteiger partial charge in [-0.15, -0.1) is 0 Å². The maximum Gasteiger partial charge on any atom is 0.244 e. The SMILES string of the molecule is Cc1cccc2c1[nH]c(=S)n2C(C)C(=O)N(C)C. The summed E-state index contributed by atoms with van der Waals surface area (Å²) in [7, 11) is 3.51. The highest BCUT2D eigenvalue weighted by atomic mass is 32.1. The summed E-state index contributed by atoms with van der Waals surface area (Å²) in [5.74, 6) is 0.0357. The first-order valence-corrected chi connectivity index (χ1v) is 6.25. The molecule has 0 aliphatic rings. The van der Waals surface area contributed by atoms with E-state index in [0.717, 1.165) is 16.6 Å². The van der Waals surface area contributed by atoms with E-state index >= 15 is 0 Å². The van der Waals surface area contributed by atoms with Gasteiger partial charge < -0.3 is 14.5 Å². The Bertz CT molecular complexity index is 654. The Morgan fingerprint density at radius 1 is 1.44 bits per heavy atom. The molecule has 2 rings (SSSR count). The summed E-state index contributed by atoms with van der Waals surface area (Å²) in [5, 5.41) is 0. The third-order valence-electron chi connectivity index (χ3n) is 3.15. The number of hydrogen-bond acceptors (Lipinski definition) is 2. The fourth-order valence-electron chi connectivity index (χ4n) is 2.16. The molecule has 0 spiro atoms. The second-order valence-electron chi connectivity index (χ2n) is 4.68. The summed E-state index contributed by atoms with van der Waals surface area (Å²) in [6.07, 6.45) is 0. The van der Waals surface area contributed by atoms with E-state index in [1.165, 1.54) is 0 Å². The summed E-state index contributed by atoms with van der Waals surface area (Å²) in [5.41, 5.74) is 3.10. The monoisotopic (exact) mass is 263 g/mol.